The monoisotopic (exact) mass is 425 g/mol. The number of alkyl halides is 3. The molecule has 0 amide bonds. The summed E-state index contributed by atoms with van der Waals surface area (Å²) < 4.78 is 39.4. The Morgan fingerprint density at radius 3 is 2.32 bits per heavy atom. The van der Waals surface area contributed by atoms with Crippen LogP contribution in [0.25, 0.3) is 10.9 Å². The van der Waals surface area contributed by atoms with E-state index in [9.17, 15) is 13.2 Å². The average Bonchev–Trinajstić information content (AvgIpc) is 3.02. The van der Waals surface area contributed by atoms with Crippen LogP contribution in [0, 0.1) is 0 Å². The molecule has 6 heteroatoms. The summed E-state index contributed by atoms with van der Waals surface area (Å²) in [6.07, 6.45) is 1.36. The van der Waals surface area contributed by atoms with Gasteiger partial charge in [0.15, 0.2) is 0 Å². The molecule has 5 rings (SSSR count). The Hall–Kier alpha value is -2.76. The minimum atomic E-state index is -4.31. The lowest BCUT2D eigenvalue weighted by Gasteiger charge is -2.39. The number of hydrogen-bond donors (Lipinski definition) is 0. The van der Waals surface area contributed by atoms with E-state index >= 15 is 0 Å². The molecular weight excluding hydrogens is 399 g/mol. The van der Waals surface area contributed by atoms with Gasteiger partial charge < -0.3 is 9.80 Å². The van der Waals surface area contributed by atoms with Crippen LogP contribution in [0.3, 0.4) is 0 Å². The van der Waals surface area contributed by atoms with E-state index in [1.165, 1.54) is 53.7 Å². The van der Waals surface area contributed by atoms with Gasteiger partial charge in [-0.15, -0.1) is 0 Å². The highest BCUT2D eigenvalue weighted by Crippen LogP contribution is 2.37. The van der Waals surface area contributed by atoms with Gasteiger partial charge in [-0.25, -0.2) is 0 Å². The molecule has 1 fully saturated rings. The quantitative estimate of drug-likeness (QED) is 0.480. The van der Waals surface area contributed by atoms with Crippen molar-refractivity contribution in [2.24, 2.45) is 0 Å². The number of para-hydroxylation sites is 1. The first-order chi connectivity index (χ1) is 15.0. The number of aromatic nitrogens is 1. The minimum absolute atomic E-state index is 0.585. The predicted octanol–water partition coefficient (Wildman–Crippen LogP) is 5.85. The topological polar surface area (TPSA) is 19.4 Å². The third-order valence-electron chi connectivity index (χ3n) is 6.52. The number of hydrogen-bond acceptors (Lipinski definition) is 3. The lowest BCUT2D eigenvalue weighted by Crippen LogP contribution is -2.47. The van der Waals surface area contributed by atoms with Crippen molar-refractivity contribution in [3.63, 3.8) is 0 Å². The molecule has 162 valence electrons. The number of piperazine rings is 1. The fourth-order valence-corrected chi connectivity index (χ4v) is 4.95. The van der Waals surface area contributed by atoms with Crippen molar-refractivity contribution >= 4 is 22.3 Å². The number of pyridine rings is 1. The zero-order valence-corrected chi connectivity index (χ0v) is 17.5. The molecule has 1 aromatic heterocycles. The lowest BCUT2D eigenvalue weighted by atomic mass is 10.00. The van der Waals surface area contributed by atoms with E-state index in [1.54, 1.807) is 6.07 Å². The summed E-state index contributed by atoms with van der Waals surface area (Å²) in [4.78, 5) is 9.47. The normalized spacial score (nSPS) is 17.5. The van der Waals surface area contributed by atoms with Gasteiger partial charge in [0.1, 0.15) is 0 Å². The van der Waals surface area contributed by atoms with Crippen LogP contribution in [-0.4, -0.2) is 31.2 Å². The van der Waals surface area contributed by atoms with Crippen molar-refractivity contribution in [1.82, 2.24) is 4.98 Å². The molecule has 2 aliphatic rings. The van der Waals surface area contributed by atoms with Crippen LogP contribution < -0.4 is 9.80 Å². The second-order valence-electron chi connectivity index (χ2n) is 8.49. The summed E-state index contributed by atoms with van der Waals surface area (Å²) >= 11 is 0. The molecule has 0 N–H and O–H groups in total. The molecule has 3 nitrogen and oxygen atoms in total. The second-order valence-corrected chi connectivity index (χ2v) is 8.49. The molecule has 2 heterocycles. The van der Waals surface area contributed by atoms with Gasteiger partial charge in [-0.2, -0.15) is 13.2 Å². The fourth-order valence-electron chi connectivity index (χ4n) is 4.95. The van der Waals surface area contributed by atoms with E-state index in [0.717, 1.165) is 37.5 Å². The summed E-state index contributed by atoms with van der Waals surface area (Å²) in [5.41, 5.74) is 5.01. The van der Waals surface area contributed by atoms with Crippen molar-refractivity contribution in [3.8, 4) is 0 Å². The molecule has 31 heavy (non-hydrogen) atoms. The first-order valence-electron chi connectivity index (χ1n) is 11.1. The highest BCUT2D eigenvalue weighted by molar-refractivity contribution is 5.94. The maximum absolute atomic E-state index is 13.1. The molecule has 0 spiro atoms. The maximum Gasteiger partial charge on any atom is 0.416 e. The molecule has 1 saturated heterocycles. The van der Waals surface area contributed by atoms with Gasteiger partial charge in [0.05, 0.1) is 16.8 Å². The van der Waals surface area contributed by atoms with Crippen LogP contribution in [0.5, 0.6) is 0 Å². The van der Waals surface area contributed by atoms with Gasteiger partial charge in [0.25, 0.3) is 0 Å². The number of fused-ring (bicyclic) bond motifs is 2. The molecule has 1 aliphatic heterocycles. The summed E-state index contributed by atoms with van der Waals surface area (Å²) in [5.74, 6) is 0. The maximum atomic E-state index is 13.1. The van der Waals surface area contributed by atoms with Gasteiger partial charge in [0.2, 0.25) is 0 Å². The van der Waals surface area contributed by atoms with Crippen molar-refractivity contribution in [1.29, 1.82) is 0 Å². The molecular formula is C25H26F3N3. The Kier molecular flexibility index (Phi) is 5.24. The highest BCUT2D eigenvalue weighted by Gasteiger charge is 2.31. The molecule has 0 bridgehead atoms. The Labute approximate surface area is 180 Å². The number of nitrogens with zero attached hydrogens (tertiary/aromatic N) is 3. The Morgan fingerprint density at radius 1 is 0.774 bits per heavy atom. The first-order valence-corrected chi connectivity index (χ1v) is 11.1. The first kappa shape index (κ1) is 20.2. The molecule has 3 aromatic rings. The second kappa shape index (κ2) is 8.06. The van der Waals surface area contributed by atoms with Crippen molar-refractivity contribution in [2.75, 3.05) is 36.0 Å². The number of benzene rings is 2. The number of rotatable bonds is 2. The summed E-state index contributed by atoms with van der Waals surface area (Å²) in [5, 5.41) is 1.19. The van der Waals surface area contributed by atoms with Crippen LogP contribution in [0.1, 0.15) is 36.1 Å². The van der Waals surface area contributed by atoms with E-state index in [1.807, 2.05) is 6.07 Å². The van der Waals surface area contributed by atoms with Crippen LogP contribution in [0.15, 0.2) is 48.5 Å². The minimum Gasteiger partial charge on any atom is -0.368 e. The van der Waals surface area contributed by atoms with Gasteiger partial charge in [-0.05, 0) is 55.5 Å². The van der Waals surface area contributed by atoms with Crippen LogP contribution in [-0.2, 0) is 19.0 Å². The van der Waals surface area contributed by atoms with Crippen molar-refractivity contribution in [2.45, 2.75) is 38.3 Å². The smallest absolute Gasteiger partial charge is 0.368 e. The standard InChI is InChI=1S/C25H26F3N3/c26-25(27,28)18-7-6-8-19(17-18)30-13-15-31(16-14-30)24-20-9-2-1-3-11-22(20)29-23-12-5-4-10-21(23)24/h4-8,10,12,17H,1-3,9,11,13-16H2. The third kappa shape index (κ3) is 3.95. The van der Waals surface area contributed by atoms with E-state index in [4.69, 9.17) is 4.98 Å². The zero-order chi connectivity index (χ0) is 21.4. The van der Waals surface area contributed by atoms with Gasteiger partial charge in [-0.1, -0.05) is 30.7 Å². The molecule has 0 radical (unpaired) electrons. The molecule has 2 aromatic carbocycles. The van der Waals surface area contributed by atoms with Gasteiger partial charge in [0, 0.05) is 42.9 Å². The Balaban J connectivity index is 1.44. The van der Waals surface area contributed by atoms with Crippen LogP contribution in [0.4, 0.5) is 24.5 Å². The Bertz CT molecular complexity index is 1090. The number of anilines is 2. The summed E-state index contributed by atoms with van der Waals surface area (Å²) in [6, 6.07) is 14.0. The molecule has 1 aliphatic carbocycles. The van der Waals surface area contributed by atoms with E-state index in [2.05, 4.69) is 28.0 Å². The molecule has 0 atom stereocenters. The average molecular weight is 425 g/mol. The van der Waals surface area contributed by atoms with Crippen molar-refractivity contribution in [3.05, 3.63) is 65.4 Å². The highest BCUT2D eigenvalue weighted by atomic mass is 19.4. The fraction of sp³-hybridized carbons (Fsp3) is 0.400. The zero-order valence-electron chi connectivity index (χ0n) is 17.5. The predicted molar refractivity (Wildman–Crippen MR) is 119 cm³/mol. The van der Waals surface area contributed by atoms with Crippen molar-refractivity contribution < 1.29 is 13.2 Å². The van der Waals surface area contributed by atoms with E-state index in [-0.39, 0.29) is 0 Å². The SMILES string of the molecule is FC(F)(F)c1cccc(N2CCN(c3c4c(nc5ccccc35)CCCCC4)CC2)c1. The van der Waals surface area contributed by atoms with Crippen LogP contribution >= 0.6 is 0 Å². The Morgan fingerprint density at radius 2 is 1.52 bits per heavy atom. The van der Waals surface area contributed by atoms with Crippen LogP contribution in [0.2, 0.25) is 0 Å². The van der Waals surface area contributed by atoms with Gasteiger partial charge >= 0.3 is 6.18 Å². The number of halogens is 3. The van der Waals surface area contributed by atoms with E-state index in [0.29, 0.717) is 18.8 Å². The number of aryl methyl sites for hydroxylation is 1. The summed E-state index contributed by atoms with van der Waals surface area (Å²) in [6.45, 7) is 2.98. The summed E-state index contributed by atoms with van der Waals surface area (Å²) in [7, 11) is 0. The third-order valence-corrected chi connectivity index (χ3v) is 6.52. The van der Waals surface area contributed by atoms with Gasteiger partial charge in [-0.3, -0.25) is 4.98 Å². The molecule has 0 unspecified atom stereocenters. The van der Waals surface area contributed by atoms with E-state index < -0.39 is 11.7 Å². The largest absolute Gasteiger partial charge is 0.416 e. The molecule has 0 saturated carbocycles. The lowest BCUT2D eigenvalue weighted by molar-refractivity contribution is -0.137.